The fourth-order valence-corrected chi connectivity index (χ4v) is 7.50. The molecule has 2 amide bonds. The Balaban J connectivity index is 1.02. The molecule has 0 spiro atoms. The topological polar surface area (TPSA) is 76.7 Å². The summed E-state index contributed by atoms with van der Waals surface area (Å²) in [4.78, 5) is 25.3. The first-order valence-electron chi connectivity index (χ1n) is 12.3. The van der Waals surface area contributed by atoms with E-state index in [1.807, 2.05) is 0 Å². The second-order valence-electron chi connectivity index (χ2n) is 11.3. The van der Waals surface area contributed by atoms with Gasteiger partial charge in [0, 0.05) is 30.5 Å². The van der Waals surface area contributed by atoms with Gasteiger partial charge in [0.05, 0.1) is 17.6 Å². The molecule has 0 aromatic carbocycles. The summed E-state index contributed by atoms with van der Waals surface area (Å²) in [5, 5.41) is 5.97. The zero-order chi connectivity index (χ0) is 22.5. The smallest absolute Gasteiger partial charge is 0.246 e. The maximum atomic E-state index is 13.7. The highest BCUT2D eigenvalue weighted by atomic mass is 35.5. The number of hydrogen-bond donors (Lipinski definition) is 2. The lowest BCUT2D eigenvalue weighted by atomic mass is 9.44. The van der Waals surface area contributed by atoms with E-state index in [0.29, 0.717) is 30.8 Å². The summed E-state index contributed by atoms with van der Waals surface area (Å²) >= 11 is 5.90. The molecule has 6 saturated carbocycles. The maximum Gasteiger partial charge on any atom is 0.246 e. The van der Waals surface area contributed by atoms with Crippen LogP contribution in [0.5, 0.6) is 0 Å². The van der Waals surface area contributed by atoms with Crippen molar-refractivity contribution in [2.24, 2.45) is 17.8 Å². The second kappa shape index (κ2) is 8.70. The van der Waals surface area contributed by atoms with Gasteiger partial charge < -0.3 is 20.1 Å². The lowest BCUT2D eigenvalue weighted by Gasteiger charge is -2.70. The van der Waals surface area contributed by atoms with Crippen LogP contribution in [0.15, 0.2) is 0 Å². The molecule has 0 aromatic heterocycles. The number of amides is 2. The van der Waals surface area contributed by atoms with Crippen molar-refractivity contribution in [1.82, 2.24) is 10.6 Å². The average Bonchev–Trinajstić information content (AvgIpc) is 3.15. The number of halogens is 2. The van der Waals surface area contributed by atoms with Gasteiger partial charge >= 0.3 is 0 Å². The summed E-state index contributed by atoms with van der Waals surface area (Å²) in [6.45, 7) is -0.0429. The van der Waals surface area contributed by atoms with Crippen molar-refractivity contribution in [3.05, 3.63) is 0 Å². The number of ether oxygens (including phenoxy) is 2. The number of carbonyl (C=O) groups is 2. The SMILES string of the molecule is COC1CCC2CC(C(=O)NC34CC(NC(=O)COC5CCC(Cl)C(F)C5)(C3)C4)CC2C1. The largest absolute Gasteiger partial charge is 0.381 e. The molecule has 6 rings (SSSR count). The van der Waals surface area contributed by atoms with Crippen LogP contribution < -0.4 is 10.6 Å². The van der Waals surface area contributed by atoms with Gasteiger partial charge in [0.2, 0.25) is 11.8 Å². The molecule has 7 unspecified atom stereocenters. The zero-order valence-corrected chi connectivity index (χ0v) is 19.7. The predicted molar refractivity (Wildman–Crippen MR) is 118 cm³/mol. The van der Waals surface area contributed by atoms with Crippen LogP contribution >= 0.6 is 11.6 Å². The van der Waals surface area contributed by atoms with Crippen molar-refractivity contribution in [2.45, 2.75) is 105 Å². The van der Waals surface area contributed by atoms with Crippen LogP contribution in [-0.4, -0.2) is 60.4 Å². The Labute approximate surface area is 194 Å². The third kappa shape index (κ3) is 4.41. The molecule has 0 aromatic rings. The first-order chi connectivity index (χ1) is 15.3. The van der Waals surface area contributed by atoms with E-state index >= 15 is 0 Å². The van der Waals surface area contributed by atoms with E-state index in [1.165, 1.54) is 6.42 Å². The molecule has 180 valence electrons. The first-order valence-corrected chi connectivity index (χ1v) is 12.8. The van der Waals surface area contributed by atoms with E-state index in [1.54, 1.807) is 7.11 Å². The second-order valence-corrected chi connectivity index (χ2v) is 11.8. The predicted octanol–water partition coefficient (Wildman–Crippen LogP) is 3.25. The fraction of sp³-hybridized carbons (Fsp3) is 0.917. The van der Waals surface area contributed by atoms with Crippen LogP contribution in [0, 0.1) is 17.8 Å². The fourth-order valence-electron chi connectivity index (χ4n) is 7.27. The van der Waals surface area contributed by atoms with Gasteiger partial charge in [-0.05, 0) is 76.0 Å². The average molecular weight is 471 g/mol. The van der Waals surface area contributed by atoms with Gasteiger partial charge in [0.25, 0.3) is 0 Å². The Morgan fingerprint density at radius 1 is 0.938 bits per heavy atom. The van der Waals surface area contributed by atoms with Gasteiger partial charge in [-0.15, -0.1) is 11.6 Å². The van der Waals surface area contributed by atoms with Gasteiger partial charge in [0.1, 0.15) is 12.8 Å². The molecule has 0 saturated heterocycles. The van der Waals surface area contributed by atoms with Gasteiger partial charge in [-0.1, -0.05) is 0 Å². The van der Waals surface area contributed by atoms with Gasteiger partial charge in [0.15, 0.2) is 0 Å². The number of alkyl halides is 2. The summed E-state index contributed by atoms with van der Waals surface area (Å²) in [6.07, 6.45) is 8.35. The minimum absolute atomic E-state index is 0.0429. The number of hydrogen-bond acceptors (Lipinski definition) is 4. The summed E-state index contributed by atoms with van der Waals surface area (Å²) in [5.41, 5.74) is -0.326. The van der Waals surface area contributed by atoms with Gasteiger partial charge in [-0.25, -0.2) is 4.39 Å². The molecule has 6 aliphatic rings. The Kier molecular flexibility index (Phi) is 6.21. The molecule has 2 N–H and O–H groups in total. The van der Waals surface area contributed by atoms with E-state index in [2.05, 4.69) is 10.6 Å². The highest BCUT2D eigenvalue weighted by Gasteiger charge is 2.69. The van der Waals surface area contributed by atoms with Gasteiger partial charge in [-0.2, -0.15) is 0 Å². The van der Waals surface area contributed by atoms with Gasteiger partial charge in [-0.3, -0.25) is 9.59 Å². The monoisotopic (exact) mass is 470 g/mol. The number of rotatable bonds is 7. The lowest BCUT2D eigenvalue weighted by Crippen LogP contribution is -2.84. The molecule has 0 aliphatic heterocycles. The van der Waals surface area contributed by atoms with E-state index in [4.69, 9.17) is 21.1 Å². The molecule has 32 heavy (non-hydrogen) atoms. The maximum absolute atomic E-state index is 13.7. The number of nitrogens with one attached hydrogen (secondary N) is 2. The van der Waals surface area contributed by atoms with Crippen molar-refractivity contribution < 1.29 is 23.5 Å². The van der Waals surface area contributed by atoms with Crippen molar-refractivity contribution in [2.75, 3.05) is 13.7 Å². The van der Waals surface area contributed by atoms with E-state index in [0.717, 1.165) is 44.9 Å². The lowest BCUT2D eigenvalue weighted by molar-refractivity contribution is -0.154. The minimum Gasteiger partial charge on any atom is -0.381 e. The Morgan fingerprint density at radius 2 is 1.62 bits per heavy atom. The molecule has 6 aliphatic carbocycles. The molecule has 8 heteroatoms. The van der Waals surface area contributed by atoms with Crippen LogP contribution in [0.3, 0.4) is 0 Å². The normalized spacial score (nSPS) is 47.0. The molecular weight excluding hydrogens is 435 g/mol. The van der Waals surface area contributed by atoms with Crippen LogP contribution in [0.25, 0.3) is 0 Å². The Morgan fingerprint density at radius 3 is 2.34 bits per heavy atom. The van der Waals surface area contributed by atoms with Crippen molar-refractivity contribution in [3.63, 3.8) is 0 Å². The summed E-state index contributed by atoms with van der Waals surface area (Å²) in [5.74, 6) is 1.46. The molecule has 6 nitrogen and oxygen atoms in total. The first kappa shape index (κ1) is 22.9. The molecular formula is C24H36ClFN2O4. The van der Waals surface area contributed by atoms with Crippen LogP contribution in [0.4, 0.5) is 4.39 Å². The van der Waals surface area contributed by atoms with Crippen LogP contribution in [0.2, 0.25) is 0 Å². The quantitative estimate of drug-likeness (QED) is 0.560. The zero-order valence-electron chi connectivity index (χ0n) is 18.9. The summed E-state index contributed by atoms with van der Waals surface area (Å²) in [6, 6.07) is 0. The van der Waals surface area contributed by atoms with E-state index in [9.17, 15) is 14.0 Å². The van der Waals surface area contributed by atoms with Crippen molar-refractivity contribution >= 4 is 23.4 Å². The number of carbonyl (C=O) groups excluding carboxylic acids is 2. The van der Waals surface area contributed by atoms with Crippen molar-refractivity contribution in [1.29, 1.82) is 0 Å². The highest BCUT2D eigenvalue weighted by molar-refractivity contribution is 6.21. The molecule has 7 atom stereocenters. The third-order valence-corrected chi connectivity index (χ3v) is 9.38. The molecule has 0 heterocycles. The van der Waals surface area contributed by atoms with Crippen molar-refractivity contribution in [3.8, 4) is 0 Å². The van der Waals surface area contributed by atoms with Crippen LogP contribution in [-0.2, 0) is 19.1 Å². The van der Waals surface area contributed by atoms with Crippen LogP contribution in [0.1, 0.15) is 70.6 Å². The number of fused-ring (bicyclic) bond motifs is 1. The summed E-state index contributed by atoms with van der Waals surface area (Å²) in [7, 11) is 1.79. The molecule has 2 bridgehead atoms. The standard InChI is InChI=1S/C24H36ClFN2O4/c1-31-17-3-2-14-6-16(7-15(14)8-17)22(30)28-24-11-23(12-24,13-24)27-21(29)10-32-18-4-5-19(25)20(26)9-18/h14-20H,2-13H2,1H3,(H,27,29)(H,28,30). The summed E-state index contributed by atoms with van der Waals surface area (Å²) < 4.78 is 24.9. The highest BCUT2D eigenvalue weighted by Crippen LogP contribution is 2.60. The number of methoxy groups -OCH3 is 1. The molecule has 0 radical (unpaired) electrons. The Bertz CT molecular complexity index is 732. The minimum atomic E-state index is -1.07. The Hall–Kier alpha value is -0.920. The van der Waals surface area contributed by atoms with E-state index in [-0.39, 0.29) is 47.9 Å². The van der Waals surface area contributed by atoms with E-state index < -0.39 is 11.5 Å². The molecule has 6 fully saturated rings. The third-order valence-electron chi connectivity index (χ3n) is 8.89.